The molecule has 0 aromatic heterocycles. The normalized spacial score (nSPS) is 11.5. The molecule has 1 rings (SSSR count). The summed E-state index contributed by atoms with van der Waals surface area (Å²) in [6.45, 7) is 5.66. The average molecular weight is 211 g/mol. The van der Waals surface area contributed by atoms with Gasteiger partial charge >= 0.3 is 5.97 Å². The number of hydrogen-bond donors (Lipinski definition) is 2. The van der Waals surface area contributed by atoms with Crippen LogP contribution in [0.15, 0.2) is 12.1 Å². The number of halogens is 1. The van der Waals surface area contributed by atoms with Crippen molar-refractivity contribution in [2.45, 2.75) is 26.2 Å². The highest BCUT2D eigenvalue weighted by atomic mass is 19.1. The van der Waals surface area contributed by atoms with Crippen molar-refractivity contribution in [3.63, 3.8) is 0 Å². The summed E-state index contributed by atoms with van der Waals surface area (Å²) in [6.07, 6.45) is 0. The van der Waals surface area contributed by atoms with Crippen LogP contribution in [-0.4, -0.2) is 11.1 Å². The summed E-state index contributed by atoms with van der Waals surface area (Å²) in [4.78, 5) is 10.6. The second-order valence-electron chi connectivity index (χ2n) is 4.44. The van der Waals surface area contributed by atoms with Crippen LogP contribution in [0.5, 0.6) is 0 Å². The average Bonchev–Trinajstić information content (AvgIpc) is 2.06. The number of aromatic carboxylic acids is 1. The molecule has 1 aromatic carbocycles. The molecule has 0 bridgehead atoms. The van der Waals surface area contributed by atoms with Crippen LogP contribution in [0.25, 0.3) is 0 Å². The van der Waals surface area contributed by atoms with Crippen LogP contribution in [-0.2, 0) is 5.41 Å². The predicted octanol–water partition coefficient (Wildman–Crippen LogP) is 2.40. The van der Waals surface area contributed by atoms with Gasteiger partial charge in [-0.05, 0) is 17.0 Å². The minimum atomic E-state index is -1.31. The van der Waals surface area contributed by atoms with Gasteiger partial charge in [0.2, 0.25) is 0 Å². The molecule has 3 N–H and O–H groups in total. The van der Waals surface area contributed by atoms with Gasteiger partial charge in [0.05, 0.1) is 11.3 Å². The number of carboxylic acid groups (broad SMARTS) is 1. The van der Waals surface area contributed by atoms with Crippen LogP contribution >= 0.6 is 0 Å². The van der Waals surface area contributed by atoms with Crippen LogP contribution in [0.2, 0.25) is 0 Å². The highest BCUT2D eigenvalue weighted by molar-refractivity contribution is 5.89. The maximum absolute atomic E-state index is 13.5. The van der Waals surface area contributed by atoms with Crippen molar-refractivity contribution in [2.75, 3.05) is 5.73 Å². The second-order valence-corrected chi connectivity index (χ2v) is 4.44. The van der Waals surface area contributed by atoms with Gasteiger partial charge in [0.1, 0.15) is 0 Å². The molecule has 0 amide bonds. The lowest BCUT2D eigenvalue weighted by molar-refractivity contribution is 0.0692. The third-order valence-corrected chi connectivity index (χ3v) is 2.22. The van der Waals surface area contributed by atoms with Gasteiger partial charge in [-0.25, -0.2) is 9.18 Å². The van der Waals surface area contributed by atoms with Crippen LogP contribution in [0.1, 0.15) is 36.7 Å². The first kappa shape index (κ1) is 11.5. The lowest BCUT2D eigenvalue weighted by atomic mass is 9.85. The lowest BCUT2D eigenvalue weighted by Crippen LogP contribution is -2.16. The highest BCUT2D eigenvalue weighted by Crippen LogP contribution is 2.30. The fourth-order valence-corrected chi connectivity index (χ4v) is 1.41. The number of nitrogens with two attached hydrogens (primary N) is 1. The fourth-order valence-electron chi connectivity index (χ4n) is 1.41. The van der Waals surface area contributed by atoms with E-state index in [0.29, 0.717) is 5.56 Å². The van der Waals surface area contributed by atoms with Crippen molar-refractivity contribution in [1.29, 1.82) is 0 Å². The molecule has 15 heavy (non-hydrogen) atoms. The van der Waals surface area contributed by atoms with Crippen molar-refractivity contribution in [1.82, 2.24) is 0 Å². The molecule has 0 saturated carbocycles. The molecule has 0 fully saturated rings. The molecular weight excluding hydrogens is 197 g/mol. The summed E-state index contributed by atoms with van der Waals surface area (Å²) in [7, 11) is 0. The Hall–Kier alpha value is -1.58. The Bertz CT molecular complexity index is 408. The van der Waals surface area contributed by atoms with Gasteiger partial charge in [-0.15, -0.1) is 0 Å². The van der Waals surface area contributed by atoms with E-state index in [1.54, 1.807) is 6.07 Å². The Morgan fingerprint density at radius 1 is 1.40 bits per heavy atom. The van der Waals surface area contributed by atoms with Gasteiger partial charge in [0.25, 0.3) is 0 Å². The molecule has 4 heteroatoms. The summed E-state index contributed by atoms with van der Waals surface area (Å²) in [5, 5.41) is 8.69. The van der Waals surface area contributed by atoms with Gasteiger partial charge in [0, 0.05) is 0 Å². The molecule has 0 aliphatic rings. The zero-order chi connectivity index (χ0) is 11.8. The number of anilines is 1. The number of carbonyl (C=O) groups is 1. The van der Waals surface area contributed by atoms with E-state index in [2.05, 4.69) is 0 Å². The monoisotopic (exact) mass is 211 g/mol. The van der Waals surface area contributed by atoms with Crippen molar-refractivity contribution < 1.29 is 14.3 Å². The summed E-state index contributed by atoms with van der Waals surface area (Å²) >= 11 is 0. The minimum absolute atomic E-state index is 0.0811. The molecule has 0 spiro atoms. The van der Waals surface area contributed by atoms with E-state index in [9.17, 15) is 9.18 Å². The molecule has 82 valence electrons. The molecule has 3 nitrogen and oxygen atoms in total. The first-order chi connectivity index (χ1) is 6.75. The standard InChI is InChI=1S/C11H14FNO2/c1-11(2,3)7-5-4-6(10(14)15)8(12)9(7)13/h4-5H,13H2,1-3H3,(H,14,15). The van der Waals surface area contributed by atoms with Crippen molar-refractivity contribution in [3.05, 3.63) is 29.1 Å². The van der Waals surface area contributed by atoms with Crippen molar-refractivity contribution in [3.8, 4) is 0 Å². The third-order valence-electron chi connectivity index (χ3n) is 2.22. The van der Waals surface area contributed by atoms with E-state index in [4.69, 9.17) is 10.8 Å². The quantitative estimate of drug-likeness (QED) is 0.701. The molecule has 0 aliphatic heterocycles. The highest BCUT2D eigenvalue weighted by Gasteiger charge is 2.22. The Balaban J connectivity index is 3.41. The van der Waals surface area contributed by atoms with Gasteiger partial charge in [-0.2, -0.15) is 0 Å². The Morgan fingerprint density at radius 3 is 2.33 bits per heavy atom. The van der Waals surface area contributed by atoms with E-state index in [0.717, 1.165) is 0 Å². The molecule has 0 saturated heterocycles. The lowest BCUT2D eigenvalue weighted by Gasteiger charge is -2.21. The molecule has 1 aromatic rings. The Morgan fingerprint density at radius 2 is 1.93 bits per heavy atom. The van der Waals surface area contributed by atoms with Crippen molar-refractivity contribution in [2.24, 2.45) is 0 Å². The molecule has 0 unspecified atom stereocenters. The SMILES string of the molecule is CC(C)(C)c1ccc(C(=O)O)c(F)c1N. The molecular formula is C11H14FNO2. The maximum Gasteiger partial charge on any atom is 0.338 e. The zero-order valence-corrected chi connectivity index (χ0v) is 8.97. The number of rotatable bonds is 1. The third kappa shape index (κ3) is 2.09. The Labute approximate surface area is 87.7 Å². The number of benzene rings is 1. The van der Waals surface area contributed by atoms with E-state index in [1.807, 2.05) is 20.8 Å². The topological polar surface area (TPSA) is 63.3 Å². The van der Waals surface area contributed by atoms with Gasteiger partial charge < -0.3 is 10.8 Å². The van der Waals surface area contributed by atoms with Crippen LogP contribution in [0, 0.1) is 5.82 Å². The number of carboxylic acids is 1. The molecule has 0 aliphatic carbocycles. The van der Waals surface area contributed by atoms with Gasteiger partial charge in [-0.1, -0.05) is 26.8 Å². The smallest absolute Gasteiger partial charge is 0.338 e. The second kappa shape index (κ2) is 3.53. The van der Waals surface area contributed by atoms with E-state index in [-0.39, 0.29) is 16.7 Å². The van der Waals surface area contributed by atoms with Gasteiger partial charge in [0.15, 0.2) is 5.82 Å². The zero-order valence-electron chi connectivity index (χ0n) is 8.97. The summed E-state index contributed by atoms with van der Waals surface area (Å²) < 4.78 is 13.5. The maximum atomic E-state index is 13.5. The fraction of sp³-hybridized carbons (Fsp3) is 0.364. The molecule has 0 heterocycles. The largest absolute Gasteiger partial charge is 0.478 e. The predicted molar refractivity (Wildman–Crippen MR) is 56.5 cm³/mol. The Kier molecular flexibility index (Phi) is 2.71. The van der Waals surface area contributed by atoms with Crippen LogP contribution < -0.4 is 5.73 Å². The number of nitrogen functional groups attached to an aromatic ring is 1. The first-order valence-corrected chi connectivity index (χ1v) is 4.57. The van der Waals surface area contributed by atoms with Crippen LogP contribution in [0.3, 0.4) is 0 Å². The van der Waals surface area contributed by atoms with Crippen LogP contribution in [0.4, 0.5) is 10.1 Å². The summed E-state index contributed by atoms with van der Waals surface area (Å²) in [5.41, 5.74) is 5.41. The van der Waals surface area contributed by atoms with E-state index >= 15 is 0 Å². The molecule has 0 atom stereocenters. The summed E-state index contributed by atoms with van der Waals surface area (Å²) in [5.74, 6) is -2.16. The van der Waals surface area contributed by atoms with Crippen molar-refractivity contribution >= 4 is 11.7 Å². The van der Waals surface area contributed by atoms with E-state index in [1.165, 1.54) is 6.07 Å². The van der Waals surface area contributed by atoms with Gasteiger partial charge in [-0.3, -0.25) is 0 Å². The van der Waals surface area contributed by atoms with E-state index < -0.39 is 11.8 Å². The number of hydrogen-bond acceptors (Lipinski definition) is 2. The molecule has 0 radical (unpaired) electrons. The summed E-state index contributed by atoms with van der Waals surface area (Å²) in [6, 6.07) is 2.80. The minimum Gasteiger partial charge on any atom is -0.478 e. The first-order valence-electron chi connectivity index (χ1n) is 4.57.